The molecule has 0 aromatic carbocycles. The van der Waals surface area contributed by atoms with Crippen LogP contribution >= 0.6 is 31.9 Å². The molecule has 0 heterocycles. The first kappa shape index (κ1) is 13.8. The predicted molar refractivity (Wildman–Crippen MR) is 71.7 cm³/mol. The Morgan fingerprint density at radius 2 is 1.62 bits per heavy atom. The van der Waals surface area contributed by atoms with Gasteiger partial charge in [0.1, 0.15) is 0 Å². The monoisotopic (exact) mass is 348 g/mol. The van der Waals surface area contributed by atoms with Crippen molar-refractivity contribution < 1.29 is 9.59 Å². The zero-order chi connectivity index (χ0) is 12.3. The third kappa shape index (κ3) is 2.72. The quantitative estimate of drug-likeness (QED) is 0.567. The lowest BCUT2D eigenvalue weighted by Crippen LogP contribution is -2.18. The van der Waals surface area contributed by atoms with Gasteiger partial charge in [0.15, 0.2) is 11.6 Å². The summed E-state index contributed by atoms with van der Waals surface area (Å²) >= 11 is 6.43. The van der Waals surface area contributed by atoms with Crippen molar-refractivity contribution in [3.63, 3.8) is 0 Å². The molecule has 2 nitrogen and oxygen atoms in total. The summed E-state index contributed by atoms with van der Waals surface area (Å²) < 4.78 is 0.849. The maximum Gasteiger partial charge on any atom is 0.197 e. The highest BCUT2D eigenvalue weighted by Crippen LogP contribution is 2.33. The van der Waals surface area contributed by atoms with Crippen molar-refractivity contribution in [2.45, 2.75) is 39.5 Å². The first-order valence-corrected chi connectivity index (χ1v) is 6.93. The molecular weight excluding hydrogens is 336 g/mol. The van der Waals surface area contributed by atoms with Gasteiger partial charge >= 0.3 is 0 Å². The normalized spacial score (nSPS) is 17.5. The van der Waals surface area contributed by atoms with Crippen LogP contribution in [0.1, 0.15) is 39.5 Å². The van der Waals surface area contributed by atoms with Crippen LogP contribution in [0.4, 0.5) is 0 Å². The van der Waals surface area contributed by atoms with Crippen molar-refractivity contribution in [1.29, 1.82) is 0 Å². The van der Waals surface area contributed by atoms with E-state index in [0.717, 1.165) is 19.3 Å². The molecule has 4 heteroatoms. The molecule has 0 fully saturated rings. The lowest BCUT2D eigenvalue weighted by Gasteiger charge is -2.16. The Kier molecular flexibility index (Phi) is 5.12. The van der Waals surface area contributed by atoms with Crippen LogP contribution in [-0.2, 0) is 9.59 Å². The summed E-state index contributed by atoms with van der Waals surface area (Å²) in [5.41, 5.74) is 1.09. The summed E-state index contributed by atoms with van der Waals surface area (Å²) in [6.45, 7) is 3.77. The van der Waals surface area contributed by atoms with Crippen LogP contribution in [-0.4, -0.2) is 11.6 Å². The zero-order valence-corrected chi connectivity index (χ0v) is 12.6. The Balaban J connectivity index is 2.91. The lowest BCUT2D eigenvalue weighted by atomic mass is 9.94. The number of allylic oxidation sites excluding steroid dienone is 4. The van der Waals surface area contributed by atoms with E-state index in [2.05, 4.69) is 38.8 Å². The van der Waals surface area contributed by atoms with E-state index in [9.17, 15) is 9.59 Å². The van der Waals surface area contributed by atoms with Crippen LogP contribution in [0.3, 0.4) is 0 Å². The summed E-state index contributed by atoms with van der Waals surface area (Å²) in [6, 6.07) is 0. The largest absolute Gasteiger partial charge is 0.288 e. The number of hydrogen-bond donors (Lipinski definition) is 0. The fourth-order valence-electron chi connectivity index (χ4n) is 1.58. The maximum atomic E-state index is 11.9. The van der Waals surface area contributed by atoms with E-state index >= 15 is 0 Å². The van der Waals surface area contributed by atoms with Crippen LogP contribution in [0.25, 0.3) is 0 Å². The minimum Gasteiger partial charge on any atom is -0.288 e. The van der Waals surface area contributed by atoms with Gasteiger partial charge in [0.05, 0.1) is 8.96 Å². The molecule has 0 amide bonds. The Labute approximate surface area is 112 Å². The summed E-state index contributed by atoms with van der Waals surface area (Å²) in [6.07, 6.45) is 3.79. The fourth-order valence-corrected chi connectivity index (χ4v) is 2.67. The number of carbonyl (C=O) groups excluding carboxylic acids is 2. The number of carbonyl (C=O) groups is 2. The highest BCUT2D eigenvalue weighted by Gasteiger charge is 2.29. The first-order chi connectivity index (χ1) is 7.50. The van der Waals surface area contributed by atoms with Crippen LogP contribution in [0.5, 0.6) is 0 Å². The third-order valence-corrected chi connectivity index (χ3v) is 4.43. The molecule has 0 saturated carbocycles. The molecule has 1 aliphatic rings. The van der Waals surface area contributed by atoms with E-state index < -0.39 is 0 Å². The van der Waals surface area contributed by atoms with Gasteiger partial charge in [0.2, 0.25) is 0 Å². The van der Waals surface area contributed by atoms with Crippen LogP contribution in [0.15, 0.2) is 20.1 Å². The highest BCUT2D eigenvalue weighted by atomic mass is 79.9. The van der Waals surface area contributed by atoms with Crippen molar-refractivity contribution in [2.24, 2.45) is 0 Å². The van der Waals surface area contributed by atoms with Gasteiger partial charge in [-0.15, -0.1) is 0 Å². The maximum absolute atomic E-state index is 11.9. The van der Waals surface area contributed by atoms with Crippen molar-refractivity contribution in [2.75, 3.05) is 0 Å². The molecule has 0 unspecified atom stereocenters. The van der Waals surface area contributed by atoms with Crippen LogP contribution < -0.4 is 0 Å². The molecule has 0 radical (unpaired) electrons. The average Bonchev–Trinajstić information content (AvgIpc) is 2.28. The van der Waals surface area contributed by atoms with E-state index in [4.69, 9.17) is 0 Å². The molecule has 88 valence electrons. The van der Waals surface area contributed by atoms with Gasteiger partial charge in [-0.05, 0) is 51.6 Å². The van der Waals surface area contributed by atoms with Gasteiger partial charge in [-0.1, -0.05) is 19.8 Å². The lowest BCUT2D eigenvalue weighted by molar-refractivity contribution is -0.115. The predicted octanol–water partition coefficient (Wildman–Crippen LogP) is 4.04. The Bertz CT molecular complexity index is 392. The van der Waals surface area contributed by atoms with Crippen LogP contribution in [0.2, 0.25) is 0 Å². The number of rotatable bonds is 4. The second-order valence-electron chi connectivity index (χ2n) is 3.85. The van der Waals surface area contributed by atoms with Crippen molar-refractivity contribution in [3.05, 3.63) is 20.1 Å². The van der Waals surface area contributed by atoms with Gasteiger partial charge in [-0.25, -0.2) is 0 Å². The van der Waals surface area contributed by atoms with Gasteiger partial charge in [0.25, 0.3) is 0 Å². The van der Waals surface area contributed by atoms with Gasteiger partial charge in [-0.2, -0.15) is 0 Å². The van der Waals surface area contributed by atoms with E-state index in [1.54, 1.807) is 6.92 Å². The number of ketones is 2. The smallest absolute Gasteiger partial charge is 0.197 e. The second kappa shape index (κ2) is 5.92. The molecule has 1 rings (SSSR count). The first-order valence-electron chi connectivity index (χ1n) is 5.35. The summed E-state index contributed by atoms with van der Waals surface area (Å²) in [5.74, 6) is -0.141. The van der Waals surface area contributed by atoms with Gasteiger partial charge in [-0.3, -0.25) is 9.59 Å². The van der Waals surface area contributed by atoms with Gasteiger partial charge in [0, 0.05) is 11.1 Å². The molecule has 16 heavy (non-hydrogen) atoms. The number of hydrogen-bond acceptors (Lipinski definition) is 2. The minimum atomic E-state index is -0.0852. The fraction of sp³-hybridized carbons (Fsp3) is 0.500. The zero-order valence-electron chi connectivity index (χ0n) is 9.40. The minimum absolute atomic E-state index is 0.0555. The summed E-state index contributed by atoms with van der Waals surface area (Å²) in [4.78, 5) is 23.7. The Morgan fingerprint density at radius 1 is 1.00 bits per heavy atom. The van der Waals surface area contributed by atoms with E-state index in [-0.39, 0.29) is 11.6 Å². The van der Waals surface area contributed by atoms with E-state index in [1.807, 2.05) is 0 Å². The third-order valence-electron chi connectivity index (χ3n) is 2.64. The topological polar surface area (TPSA) is 34.1 Å². The van der Waals surface area contributed by atoms with Crippen LogP contribution in [0, 0.1) is 0 Å². The van der Waals surface area contributed by atoms with Crippen molar-refractivity contribution in [1.82, 2.24) is 0 Å². The molecule has 0 saturated heterocycles. The number of unbranched alkanes of at least 4 members (excludes halogenated alkanes) is 2. The van der Waals surface area contributed by atoms with Crippen molar-refractivity contribution >= 4 is 43.4 Å². The molecule has 0 aromatic rings. The molecule has 0 bridgehead atoms. The van der Waals surface area contributed by atoms with Crippen molar-refractivity contribution in [3.8, 4) is 0 Å². The SMILES string of the molecule is CCCCCC1=C(Br)C(=O)C(C)=C(Br)C1=O. The highest BCUT2D eigenvalue weighted by molar-refractivity contribution is 9.12. The standard InChI is InChI=1S/C12H14Br2O2/c1-3-4-5-6-8-10(14)11(15)7(2)9(13)12(8)16/h3-6H2,1-2H3. The second-order valence-corrected chi connectivity index (χ2v) is 5.43. The molecule has 0 N–H and O–H groups in total. The number of Topliss-reactive ketones (excluding diaryl/α,β-unsaturated/α-hetero) is 2. The molecule has 0 atom stereocenters. The summed E-state index contributed by atoms with van der Waals surface area (Å²) in [7, 11) is 0. The van der Waals surface area contributed by atoms with E-state index in [1.165, 1.54) is 0 Å². The molecule has 0 aromatic heterocycles. The molecular formula is C12H14Br2O2. The Hall–Kier alpha value is -0.220. The molecule has 0 spiro atoms. The summed E-state index contributed by atoms with van der Waals surface area (Å²) in [5, 5.41) is 0. The molecule has 1 aliphatic carbocycles. The van der Waals surface area contributed by atoms with E-state index in [0.29, 0.717) is 26.5 Å². The average molecular weight is 350 g/mol. The Morgan fingerprint density at radius 3 is 2.19 bits per heavy atom. The molecule has 0 aliphatic heterocycles. The van der Waals surface area contributed by atoms with Gasteiger partial charge < -0.3 is 0 Å². The number of halogens is 2.